The zero-order valence-electron chi connectivity index (χ0n) is 14.9. The Morgan fingerprint density at radius 1 is 1.32 bits per heavy atom. The van der Waals surface area contributed by atoms with E-state index in [1.807, 2.05) is 51.1 Å². The molecular weight excluding hydrogens is 324 g/mol. The summed E-state index contributed by atoms with van der Waals surface area (Å²) >= 11 is 0. The smallest absolute Gasteiger partial charge is 0.407 e. The number of amides is 2. The topological polar surface area (TPSA) is 99.1 Å². The number of aliphatic hydroxyl groups excluding tert-OH is 1. The fraction of sp³-hybridized carbons (Fsp3) is 0.556. The van der Waals surface area contributed by atoms with Crippen LogP contribution in [0.1, 0.15) is 32.8 Å². The Bertz CT molecular complexity index is 614. The van der Waals surface area contributed by atoms with E-state index >= 15 is 0 Å². The maximum Gasteiger partial charge on any atom is 0.407 e. The first kappa shape index (κ1) is 19.1. The molecule has 2 amide bonds. The molecule has 7 nitrogen and oxygen atoms in total. The molecule has 1 saturated heterocycles. The summed E-state index contributed by atoms with van der Waals surface area (Å²) in [5.74, 6) is 0. The average molecular weight is 350 g/mol. The van der Waals surface area contributed by atoms with Gasteiger partial charge in [0.05, 0.1) is 18.2 Å². The van der Waals surface area contributed by atoms with Crippen LogP contribution in [0.25, 0.3) is 0 Å². The summed E-state index contributed by atoms with van der Waals surface area (Å²) in [6, 6.07) is 8.89. The molecule has 0 aromatic heterocycles. The zero-order chi connectivity index (χ0) is 18.7. The van der Waals surface area contributed by atoms with Gasteiger partial charge in [0, 0.05) is 6.54 Å². The summed E-state index contributed by atoms with van der Waals surface area (Å²) in [6.07, 6.45) is -1.37. The fourth-order valence-corrected chi connectivity index (χ4v) is 3.36. The standard InChI is InChI=1S/C18H26N2O5/c1-17(2,3)18(12-21)9-14(10-20(18)16(23)24)19-15(22)25-11-13-7-5-4-6-8-13/h4-8,14,21H,9-12H2,1-3H3,(H,19,22)(H,23,24)/t14-,18-/m1/s1. The average Bonchev–Trinajstić information content (AvgIpc) is 2.94. The van der Waals surface area contributed by atoms with E-state index in [0.29, 0.717) is 6.42 Å². The molecule has 1 aliphatic rings. The molecule has 25 heavy (non-hydrogen) atoms. The molecule has 1 aromatic rings. The van der Waals surface area contributed by atoms with Gasteiger partial charge in [-0.3, -0.25) is 4.90 Å². The van der Waals surface area contributed by atoms with E-state index in [4.69, 9.17) is 4.74 Å². The summed E-state index contributed by atoms with van der Waals surface area (Å²) in [5, 5.41) is 22.2. The van der Waals surface area contributed by atoms with Crippen molar-refractivity contribution in [2.45, 2.75) is 45.4 Å². The highest BCUT2D eigenvalue weighted by molar-refractivity contribution is 5.70. The van der Waals surface area contributed by atoms with E-state index in [0.717, 1.165) is 5.56 Å². The van der Waals surface area contributed by atoms with Crippen molar-refractivity contribution in [3.63, 3.8) is 0 Å². The molecule has 3 N–H and O–H groups in total. The van der Waals surface area contributed by atoms with Crippen molar-refractivity contribution < 1.29 is 24.5 Å². The van der Waals surface area contributed by atoms with Crippen LogP contribution >= 0.6 is 0 Å². The lowest BCUT2D eigenvalue weighted by Gasteiger charge is -2.45. The Morgan fingerprint density at radius 3 is 2.44 bits per heavy atom. The van der Waals surface area contributed by atoms with Gasteiger partial charge in [-0.1, -0.05) is 51.1 Å². The number of likely N-dealkylation sites (tertiary alicyclic amines) is 1. The third-order valence-electron chi connectivity index (χ3n) is 4.93. The summed E-state index contributed by atoms with van der Waals surface area (Å²) < 4.78 is 5.19. The maximum atomic E-state index is 12.0. The minimum Gasteiger partial charge on any atom is -0.465 e. The van der Waals surface area contributed by atoms with Gasteiger partial charge in [0.15, 0.2) is 0 Å². The monoisotopic (exact) mass is 350 g/mol. The van der Waals surface area contributed by atoms with Crippen molar-refractivity contribution in [2.75, 3.05) is 13.2 Å². The molecule has 138 valence electrons. The van der Waals surface area contributed by atoms with Crippen LogP contribution in [0, 0.1) is 5.41 Å². The molecule has 0 bridgehead atoms. The number of nitrogens with one attached hydrogen (secondary N) is 1. The third kappa shape index (κ3) is 4.04. The largest absolute Gasteiger partial charge is 0.465 e. The van der Waals surface area contributed by atoms with Crippen LogP contribution < -0.4 is 5.32 Å². The molecule has 0 unspecified atom stereocenters. The Kier molecular flexibility index (Phi) is 5.57. The number of hydrogen-bond acceptors (Lipinski definition) is 4. The molecule has 2 atom stereocenters. The van der Waals surface area contributed by atoms with Crippen molar-refractivity contribution in [3.05, 3.63) is 35.9 Å². The second-order valence-corrected chi connectivity index (χ2v) is 7.44. The number of nitrogens with zero attached hydrogens (tertiary/aromatic N) is 1. The quantitative estimate of drug-likeness (QED) is 0.775. The Hall–Kier alpha value is -2.28. The number of ether oxygens (including phenoxy) is 1. The van der Waals surface area contributed by atoms with Crippen LogP contribution in [0.15, 0.2) is 30.3 Å². The second-order valence-electron chi connectivity index (χ2n) is 7.44. The summed E-state index contributed by atoms with van der Waals surface area (Å²) in [5.41, 5.74) is -0.559. The number of aliphatic hydroxyl groups is 1. The van der Waals surface area contributed by atoms with Gasteiger partial charge in [-0.2, -0.15) is 0 Å². The number of carbonyl (C=O) groups is 2. The minimum absolute atomic E-state index is 0.119. The van der Waals surface area contributed by atoms with Gasteiger partial charge < -0.3 is 20.3 Å². The van der Waals surface area contributed by atoms with E-state index in [1.54, 1.807) is 0 Å². The SMILES string of the molecule is CC(C)(C)[C@]1(CO)C[C@@H](NC(=O)OCc2ccccc2)CN1C(=O)O. The van der Waals surface area contributed by atoms with Crippen LogP contribution in [0.4, 0.5) is 9.59 Å². The van der Waals surface area contributed by atoms with Crippen LogP contribution in [-0.2, 0) is 11.3 Å². The lowest BCUT2D eigenvalue weighted by atomic mass is 9.72. The highest BCUT2D eigenvalue weighted by Gasteiger charge is 2.55. The first-order valence-corrected chi connectivity index (χ1v) is 8.28. The third-order valence-corrected chi connectivity index (χ3v) is 4.93. The van der Waals surface area contributed by atoms with E-state index in [-0.39, 0.29) is 19.8 Å². The van der Waals surface area contributed by atoms with Crippen molar-refractivity contribution in [1.29, 1.82) is 0 Å². The van der Waals surface area contributed by atoms with E-state index in [1.165, 1.54) is 4.90 Å². The predicted octanol–water partition coefficient (Wildman–Crippen LogP) is 2.44. The van der Waals surface area contributed by atoms with Crippen LogP contribution in [0.3, 0.4) is 0 Å². The van der Waals surface area contributed by atoms with Crippen LogP contribution in [0.5, 0.6) is 0 Å². The fourth-order valence-electron chi connectivity index (χ4n) is 3.36. The van der Waals surface area contributed by atoms with Crippen molar-refractivity contribution in [1.82, 2.24) is 10.2 Å². The second kappa shape index (κ2) is 7.31. The first-order chi connectivity index (χ1) is 11.7. The number of carboxylic acid groups (broad SMARTS) is 1. The molecular formula is C18H26N2O5. The molecule has 0 aliphatic carbocycles. The summed E-state index contributed by atoms with van der Waals surface area (Å²) in [4.78, 5) is 24.9. The molecule has 1 aromatic carbocycles. The molecule has 1 fully saturated rings. The lowest BCUT2D eigenvalue weighted by Crippen LogP contribution is -2.57. The van der Waals surface area contributed by atoms with Crippen LogP contribution in [0.2, 0.25) is 0 Å². The number of rotatable bonds is 4. The number of benzene rings is 1. The van der Waals surface area contributed by atoms with Crippen molar-refractivity contribution >= 4 is 12.2 Å². The van der Waals surface area contributed by atoms with Gasteiger partial charge >= 0.3 is 12.2 Å². The molecule has 0 radical (unpaired) electrons. The van der Waals surface area contributed by atoms with Gasteiger partial charge in [-0.15, -0.1) is 0 Å². The van der Waals surface area contributed by atoms with Gasteiger partial charge in [0.1, 0.15) is 6.61 Å². The molecule has 1 aliphatic heterocycles. The Morgan fingerprint density at radius 2 is 1.96 bits per heavy atom. The highest BCUT2D eigenvalue weighted by atomic mass is 16.5. The predicted molar refractivity (Wildman–Crippen MR) is 92.2 cm³/mol. The van der Waals surface area contributed by atoms with Gasteiger partial charge in [0.2, 0.25) is 0 Å². The first-order valence-electron chi connectivity index (χ1n) is 8.28. The van der Waals surface area contributed by atoms with Crippen molar-refractivity contribution in [3.8, 4) is 0 Å². The van der Waals surface area contributed by atoms with E-state index < -0.39 is 29.2 Å². The van der Waals surface area contributed by atoms with Gasteiger partial charge in [0.25, 0.3) is 0 Å². The van der Waals surface area contributed by atoms with Crippen LogP contribution in [-0.4, -0.2) is 52.0 Å². The number of hydrogen-bond donors (Lipinski definition) is 3. The molecule has 2 rings (SSSR count). The van der Waals surface area contributed by atoms with Gasteiger partial charge in [-0.25, -0.2) is 9.59 Å². The highest BCUT2D eigenvalue weighted by Crippen LogP contribution is 2.43. The number of alkyl carbamates (subject to hydrolysis) is 1. The molecule has 0 saturated carbocycles. The van der Waals surface area contributed by atoms with E-state index in [9.17, 15) is 19.8 Å². The Labute approximate surface area is 147 Å². The maximum absolute atomic E-state index is 12.0. The molecule has 0 spiro atoms. The molecule has 1 heterocycles. The Balaban J connectivity index is 2.01. The van der Waals surface area contributed by atoms with Crippen molar-refractivity contribution in [2.24, 2.45) is 5.41 Å². The number of carbonyl (C=O) groups excluding carboxylic acids is 1. The summed E-state index contributed by atoms with van der Waals surface area (Å²) in [6.45, 7) is 5.61. The minimum atomic E-state index is -1.11. The van der Waals surface area contributed by atoms with E-state index in [2.05, 4.69) is 5.32 Å². The molecule has 7 heteroatoms. The van der Waals surface area contributed by atoms with Gasteiger partial charge in [-0.05, 0) is 17.4 Å². The summed E-state index contributed by atoms with van der Waals surface area (Å²) in [7, 11) is 0. The zero-order valence-corrected chi connectivity index (χ0v) is 14.9. The normalized spacial score (nSPS) is 23.4. The lowest BCUT2D eigenvalue weighted by molar-refractivity contribution is -0.0114.